The number of carboxylic acid groups (broad SMARTS) is 1. The van der Waals surface area contributed by atoms with Crippen LogP contribution in [0.15, 0.2) is 48.5 Å². The molecule has 7 heteroatoms. The lowest BCUT2D eigenvalue weighted by Crippen LogP contribution is -2.12. The molecule has 0 aliphatic heterocycles. The molecule has 0 bridgehead atoms. The molecule has 1 amide bonds. The van der Waals surface area contributed by atoms with Crippen molar-refractivity contribution in [1.82, 2.24) is 0 Å². The van der Waals surface area contributed by atoms with Crippen LogP contribution in [0, 0.1) is 0 Å². The first-order valence-corrected chi connectivity index (χ1v) is 8.39. The molecule has 0 saturated heterocycles. The first-order chi connectivity index (χ1) is 13.0. The molecule has 0 aliphatic carbocycles. The Hall–Kier alpha value is -3.35. The maximum atomic E-state index is 12.1. The van der Waals surface area contributed by atoms with Gasteiger partial charge in [0, 0.05) is 24.1 Å². The maximum Gasteiger partial charge on any atom is 0.341 e. The highest BCUT2D eigenvalue weighted by molar-refractivity contribution is 5.96. The number of rotatable bonds is 10. The van der Waals surface area contributed by atoms with Gasteiger partial charge in [0.05, 0.1) is 7.11 Å². The van der Waals surface area contributed by atoms with Crippen molar-refractivity contribution < 1.29 is 29.0 Å². The Bertz CT molecular complexity index is 783. The molecule has 2 aromatic rings. The first-order valence-electron chi connectivity index (χ1n) is 8.39. The number of methoxy groups -OCH3 is 1. The van der Waals surface area contributed by atoms with Gasteiger partial charge in [0.2, 0.25) is 5.91 Å². The van der Waals surface area contributed by atoms with Gasteiger partial charge in [-0.1, -0.05) is 0 Å². The van der Waals surface area contributed by atoms with Crippen molar-refractivity contribution in [3.63, 3.8) is 0 Å². The monoisotopic (exact) mass is 371 g/mol. The Morgan fingerprint density at radius 3 is 2.15 bits per heavy atom. The van der Waals surface area contributed by atoms with Crippen molar-refractivity contribution in [1.29, 1.82) is 0 Å². The summed E-state index contributed by atoms with van der Waals surface area (Å²) in [6.45, 7) is -0.423. The van der Waals surface area contributed by atoms with Gasteiger partial charge in [-0.15, -0.1) is 0 Å². The second-order valence-electron chi connectivity index (χ2n) is 5.76. The number of carbonyl (C=O) groups excluding carboxylic acids is 2. The number of nitrogens with one attached hydrogen (secondary N) is 1. The van der Waals surface area contributed by atoms with Crippen LogP contribution in [0.5, 0.6) is 11.5 Å². The number of benzene rings is 2. The van der Waals surface area contributed by atoms with Crippen molar-refractivity contribution >= 4 is 23.3 Å². The number of ether oxygens (including phenoxy) is 2. The highest BCUT2D eigenvalue weighted by Gasteiger charge is 2.09. The highest BCUT2D eigenvalue weighted by Crippen LogP contribution is 2.17. The molecule has 0 spiro atoms. The Morgan fingerprint density at radius 2 is 1.56 bits per heavy atom. The van der Waals surface area contributed by atoms with E-state index >= 15 is 0 Å². The van der Waals surface area contributed by atoms with Crippen LogP contribution >= 0.6 is 0 Å². The standard InChI is InChI=1S/C20H21NO6/c1-26-16-9-5-14(6-10-16)18(22)3-2-4-19(23)21-15-7-11-17(12-8-15)27-13-20(24)25/h5-12H,2-4,13H2,1H3,(H,21,23)(H,24,25). The fourth-order valence-corrected chi connectivity index (χ4v) is 2.33. The smallest absolute Gasteiger partial charge is 0.341 e. The molecule has 0 atom stereocenters. The van der Waals surface area contributed by atoms with E-state index in [0.29, 0.717) is 29.2 Å². The molecule has 142 valence electrons. The molecule has 0 aromatic heterocycles. The molecule has 0 aliphatic rings. The molecule has 27 heavy (non-hydrogen) atoms. The molecular formula is C20H21NO6. The SMILES string of the molecule is COc1ccc(C(=O)CCCC(=O)Nc2ccc(OCC(=O)O)cc2)cc1. The number of aliphatic carboxylic acids is 1. The van der Waals surface area contributed by atoms with E-state index in [4.69, 9.17) is 14.6 Å². The number of amides is 1. The number of carboxylic acids is 1. The van der Waals surface area contributed by atoms with Gasteiger partial charge in [0.25, 0.3) is 0 Å². The van der Waals surface area contributed by atoms with Gasteiger partial charge in [0.15, 0.2) is 12.4 Å². The summed E-state index contributed by atoms with van der Waals surface area (Å²) in [5.41, 5.74) is 1.16. The topological polar surface area (TPSA) is 102 Å². The first kappa shape index (κ1) is 20.0. The number of anilines is 1. The Morgan fingerprint density at radius 1 is 0.926 bits per heavy atom. The molecule has 2 N–H and O–H groups in total. The zero-order valence-electron chi connectivity index (χ0n) is 14.9. The lowest BCUT2D eigenvalue weighted by Gasteiger charge is -2.07. The molecule has 0 fully saturated rings. The van der Waals surface area contributed by atoms with Gasteiger partial charge in [-0.2, -0.15) is 0 Å². The summed E-state index contributed by atoms with van der Waals surface area (Å²) in [5.74, 6) is -0.190. The molecule has 0 unspecified atom stereocenters. The highest BCUT2D eigenvalue weighted by atomic mass is 16.5. The maximum absolute atomic E-state index is 12.1. The van der Waals surface area contributed by atoms with E-state index in [1.165, 1.54) is 0 Å². The van der Waals surface area contributed by atoms with Crippen molar-refractivity contribution in [3.8, 4) is 11.5 Å². The van der Waals surface area contributed by atoms with Gasteiger partial charge in [-0.25, -0.2) is 4.79 Å². The summed E-state index contributed by atoms with van der Waals surface area (Å²) in [6, 6.07) is 13.3. The van der Waals surface area contributed by atoms with E-state index in [1.54, 1.807) is 55.6 Å². The zero-order chi connectivity index (χ0) is 19.6. The van der Waals surface area contributed by atoms with Gasteiger partial charge >= 0.3 is 5.97 Å². The normalized spacial score (nSPS) is 10.1. The summed E-state index contributed by atoms with van der Waals surface area (Å²) >= 11 is 0. The van der Waals surface area contributed by atoms with E-state index in [2.05, 4.69) is 5.32 Å². The number of Topliss-reactive ketones (excluding diaryl/α,β-unsaturated/α-hetero) is 1. The third-order valence-electron chi connectivity index (χ3n) is 3.72. The molecule has 0 saturated carbocycles. The number of hydrogen-bond acceptors (Lipinski definition) is 5. The van der Waals surface area contributed by atoms with Crippen LogP contribution < -0.4 is 14.8 Å². The fraction of sp³-hybridized carbons (Fsp3) is 0.250. The predicted octanol–water partition coefficient (Wildman–Crippen LogP) is 3.15. The van der Waals surface area contributed by atoms with Crippen LogP contribution in [0.3, 0.4) is 0 Å². The minimum atomic E-state index is -1.06. The number of carbonyl (C=O) groups is 3. The largest absolute Gasteiger partial charge is 0.497 e. The second kappa shape index (κ2) is 9.96. The molecule has 2 aromatic carbocycles. The number of ketones is 1. The molecule has 0 heterocycles. The Kier molecular flexibility index (Phi) is 7.37. The Labute approximate surface area is 156 Å². The zero-order valence-corrected chi connectivity index (χ0v) is 14.9. The van der Waals surface area contributed by atoms with E-state index in [1.807, 2.05) is 0 Å². The van der Waals surface area contributed by atoms with E-state index < -0.39 is 12.6 Å². The van der Waals surface area contributed by atoms with Crippen molar-refractivity contribution in [2.24, 2.45) is 0 Å². The minimum absolute atomic E-state index is 0.0228. The van der Waals surface area contributed by atoms with Crippen LogP contribution in [0.2, 0.25) is 0 Å². The molecular weight excluding hydrogens is 350 g/mol. The lowest BCUT2D eigenvalue weighted by molar-refractivity contribution is -0.139. The van der Waals surface area contributed by atoms with Crippen LogP contribution in [0.1, 0.15) is 29.6 Å². The van der Waals surface area contributed by atoms with Crippen LogP contribution in [-0.4, -0.2) is 36.5 Å². The van der Waals surface area contributed by atoms with Crippen LogP contribution in [0.4, 0.5) is 5.69 Å². The third kappa shape index (κ3) is 6.81. The molecule has 2 rings (SSSR count). The molecule has 7 nitrogen and oxygen atoms in total. The van der Waals surface area contributed by atoms with Gasteiger partial charge in [0.1, 0.15) is 11.5 Å². The van der Waals surface area contributed by atoms with E-state index in [-0.39, 0.29) is 24.5 Å². The second-order valence-corrected chi connectivity index (χ2v) is 5.76. The minimum Gasteiger partial charge on any atom is -0.497 e. The predicted molar refractivity (Wildman–Crippen MR) is 99.4 cm³/mol. The molecule has 0 radical (unpaired) electrons. The van der Waals surface area contributed by atoms with Crippen molar-refractivity contribution in [3.05, 3.63) is 54.1 Å². The average molecular weight is 371 g/mol. The summed E-state index contributed by atoms with van der Waals surface area (Å²) in [7, 11) is 1.56. The summed E-state index contributed by atoms with van der Waals surface area (Å²) in [4.78, 5) is 34.5. The quantitative estimate of drug-likeness (QED) is 0.622. The van der Waals surface area contributed by atoms with Crippen molar-refractivity contribution in [2.45, 2.75) is 19.3 Å². The van der Waals surface area contributed by atoms with Gasteiger partial charge < -0.3 is 19.9 Å². The average Bonchev–Trinajstić information content (AvgIpc) is 2.67. The summed E-state index contributed by atoms with van der Waals surface area (Å²) < 4.78 is 10.1. The van der Waals surface area contributed by atoms with Crippen molar-refractivity contribution in [2.75, 3.05) is 19.0 Å². The number of hydrogen-bond donors (Lipinski definition) is 2. The van der Waals surface area contributed by atoms with Gasteiger partial charge in [-0.05, 0) is 55.0 Å². The van der Waals surface area contributed by atoms with Crippen LogP contribution in [0.25, 0.3) is 0 Å². The van der Waals surface area contributed by atoms with Gasteiger partial charge in [-0.3, -0.25) is 9.59 Å². The lowest BCUT2D eigenvalue weighted by atomic mass is 10.1. The van der Waals surface area contributed by atoms with E-state index in [0.717, 1.165) is 0 Å². The Balaban J connectivity index is 1.73. The van der Waals surface area contributed by atoms with Crippen LogP contribution in [-0.2, 0) is 9.59 Å². The summed E-state index contributed by atoms with van der Waals surface area (Å²) in [6.07, 6.45) is 0.942. The summed E-state index contributed by atoms with van der Waals surface area (Å²) in [5, 5.41) is 11.3. The third-order valence-corrected chi connectivity index (χ3v) is 3.72. The fourth-order valence-electron chi connectivity index (χ4n) is 2.33. The van der Waals surface area contributed by atoms with E-state index in [9.17, 15) is 14.4 Å².